The highest BCUT2D eigenvalue weighted by atomic mass is 15.3. The normalized spacial score (nSPS) is 20.6. The Morgan fingerprint density at radius 1 is 0.967 bits per heavy atom. The molecular weight excluding hydrogens is 374 g/mol. The average molecular weight is 402 g/mol. The molecule has 2 fully saturated rings. The van der Waals surface area contributed by atoms with Gasteiger partial charge in [0.05, 0.1) is 5.69 Å². The van der Waals surface area contributed by atoms with E-state index in [-0.39, 0.29) is 0 Å². The van der Waals surface area contributed by atoms with Gasteiger partial charge in [-0.25, -0.2) is 15.0 Å². The van der Waals surface area contributed by atoms with Gasteiger partial charge in [-0.05, 0) is 55.9 Å². The fourth-order valence-corrected chi connectivity index (χ4v) is 4.43. The van der Waals surface area contributed by atoms with Gasteiger partial charge < -0.3 is 15.1 Å². The Balaban J connectivity index is 1.29. The molecule has 0 aliphatic carbocycles. The van der Waals surface area contributed by atoms with Gasteiger partial charge in [0.25, 0.3) is 0 Å². The summed E-state index contributed by atoms with van der Waals surface area (Å²) < 4.78 is 0. The number of fused-ring (bicyclic) bond motifs is 2. The molecule has 2 aromatic heterocycles. The van der Waals surface area contributed by atoms with Crippen molar-refractivity contribution in [2.45, 2.75) is 18.5 Å². The number of benzene rings is 1. The van der Waals surface area contributed by atoms with Gasteiger partial charge in [-0.1, -0.05) is 0 Å². The maximum Gasteiger partial charge on any atom is 0.227 e. The highest BCUT2D eigenvalue weighted by Crippen LogP contribution is 2.34. The van der Waals surface area contributed by atoms with Crippen molar-refractivity contribution in [2.75, 3.05) is 49.3 Å². The first-order valence-corrected chi connectivity index (χ1v) is 10.4. The SMILES string of the molecule is CN(C)c1ccc(-c2ccnc(Nc3ccc(N4CC5CC4CN5C)cc3)n2)cn1. The minimum absolute atomic E-state index is 0.582. The topological polar surface area (TPSA) is 60.4 Å². The van der Waals surface area contributed by atoms with Gasteiger partial charge in [-0.15, -0.1) is 0 Å². The summed E-state index contributed by atoms with van der Waals surface area (Å²) in [4.78, 5) is 20.5. The van der Waals surface area contributed by atoms with Crippen molar-refractivity contribution in [3.8, 4) is 11.3 Å². The molecule has 5 rings (SSSR count). The summed E-state index contributed by atoms with van der Waals surface area (Å²) in [5.41, 5.74) is 4.09. The molecular formula is C23H27N7. The second-order valence-corrected chi connectivity index (χ2v) is 8.37. The summed E-state index contributed by atoms with van der Waals surface area (Å²) in [6.45, 7) is 2.29. The second-order valence-electron chi connectivity index (χ2n) is 8.37. The van der Waals surface area contributed by atoms with Crippen molar-refractivity contribution in [2.24, 2.45) is 0 Å². The highest BCUT2D eigenvalue weighted by molar-refractivity contribution is 5.64. The molecule has 0 radical (unpaired) electrons. The van der Waals surface area contributed by atoms with Crippen LogP contribution in [0.1, 0.15) is 6.42 Å². The minimum Gasteiger partial charge on any atom is -0.366 e. The lowest BCUT2D eigenvalue weighted by Gasteiger charge is -2.33. The van der Waals surface area contributed by atoms with Crippen molar-refractivity contribution in [3.05, 3.63) is 54.9 Å². The van der Waals surface area contributed by atoms with Crippen LogP contribution in [0.15, 0.2) is 54.9 Å². The predicted molar refractivity (Wildman–Crippen MR) is 121 cm³/mol. The van der Waals surface area contributed by atoms with E-state index in [0.717, 1.165) is 35.9 Å². The number of anilines is 4. The summed E-state index contributed by atoms with van der Waals surface area (Å²) >= 11 is 0. The van der Waals surface area contributed by atoms with Crippen LogP contribution in [0.5, 0.6) is 0 Å². The monoisotopic (exact) mass is 401 g/mol. The average Bonchev–Trinajstić information content (AvgIpc) is 3.34. The van der Waals surface area contributed by atoms with E-state index in [2.05, 4.69) is 61.4 Å². The van der Waals surface area contributed by atoms with E-state index in [0.29, 0.717) is 18.0 Å². The van der Waals surface area contributed by atoms with Crippen molar-refractivity contribution in [1.29, 1.82) is 0 Å². The van der Waals surface area contributed by atoms with E-state index in [4.69, 9.17) is 0 Å². The standard InChI is InChI=1S/C23H27N7/c1-28(2)22-9-4-16(13-25-22)21-10-11-24-23(27-21)26-17-5-7-18(8-6-17)30-15-19-12-20(30)14-29(19)3/h4-11,13,19-20H,12,14-15H2,1-3H3,(H,24,26,27). The first kappa shape index (κ1) is 18.8. The maximum absolute atomic E-state index is 4.66. The van der Waals surface area contributed by atoms with Gasteiger partial charge in [-0.2, -0.15) is 0 Å². The molecule has 7 nitrogen and oxygen atoms in total. The van der Waals surface area contributed by atoms with Crippen LogP contribution in [0.3, 0.4) is 0 Å². The van der Waals surface area contributed by atoms with Crippen molar-refractivity contribution < 1.29 is 0 Å². The van der Waals surface area contributed by atoms with E-state index < -0.39 is 0 Å². The molecule has 2 saturated heterocycles. The van der Waals surface area contributed by atoms with Gasteiger partial charge in [0.1, 0.15) is 5.82 Å². The maximum atomic E-state index is 4.66. The first-order chi connectivity index (χ1) is 14.6. The zero-order valence-corrected chi connectivity index (χ0v) is 17.7. The van der Waals surface area contributed by atoms with E-state index in [9.17, 15) is 0 Å². The number of likely N-dealkylation sites (tertiary alicyclic amines) is 1. The molecule has 0 spiro atoms. The number of nitrogens with zero attached hydrogens (tertiary/aromatic N) is 6. The zero-order chi connectivity index (χ0) is 20.7. The zero-order valence-electron chi connectivity index (χ0n) is 17.7. The van der Waals surface area contributed by atoms with Crippen LogP contribution < -0.4 is 15.1 Å². The van der Waals surface area contributed by atoms with Crippen LogP contribution in [0, 0.1) is 0 Å². The van der Waals surface area contributed by atoms with Gasteiger partial charge >= 0.3 is 0 Å². The van der Waals surface area contributed by atoms with Gasteiger partial charge in [0.2, 0.25) is 5.95 Å². The molecule has 4 heterocycles. The summed E-state index contributed by atoms with van der Waals surface area (Å²) in [5, 5.41) is 3.32. The lowest BCUT2D eigenvalue weighted by Crippen LogP contribution is -2.44. The van der Waals surface area contributed by atoms with Crippen molar-refractivity contribution >= 4 is 23.1 Å². The number of hydrogen-bond donors (Lipinski definition) is 1. The van der Waals surface area contributed by atoms with E-state index in [1.807, 2.05) is 43.4 Å². The van der Waals surface area contributed by atoms with Crippen LogP contribution in [0.25, 0.3) is 11.3 Å². The van der Waals surface area contributed by atoms with Crippen LogP contribution in [-0.2, 0) is 0 Å². The molecule has 154 valence electrons. The van der Waals surface area contributed by atoms with E-state index >= 15 is 0 Å². The Bertz CT molecular complexity index is 1010. The Morgan fingerprint density at radius 2 is 1.80 bits per heavy atom. The second kappa shape index (κ2) is 7.57. The molecule has 2 unspecified atom stereocenters. The summed E-state index contributed by atoms with van der Waals surface area (Å²) in [7, 11) is 6.19. The molecule has 2 aliphatic rings. The first-order valence-electron chi connectivity index (χ1n) is 10.4. The molecule has 3 aromatic rings. The Morgan fingerprint density at radius 3 is 2.43 bits per heavy atom. The van der Waals surface area contributed by atoms with Crippen LogP contribution in [-0.4, -0.2) is 66.2 Å². The highest BCUT2D eigenvalue weighted by Gasteiger charge is 2.41. The third kappa shape index (κ3) is 3.57. The number of pyridine rings is 1. The molecule has 0 amide bonds. The van der Waals surface area contributed by atoms with Crippen molar-refractivity contribution in [3.63, 3.8) is 0 Å². The van der Waals surface area contributed by atoms with E-state index in [1.165, 1.54) is 12.1 Å². The van der Waals surface area contributed by atoms with E-state index in [1.54, 1.807) is 6.20 Å². The largest absolute Gasteiger partial charge is 0.366 e. The molecule has 2 aliphatic heterocycles. The molecule has 2 bridgehead atoms. The smallest absolute Gasteiger partial charge is 0.227 e. The molecule has 0 saturated carbocycles. The van der Waals surface area contributed by atoms with Crippen molar-refractivity contribution in [1.82, 2.24) is 19.9 Å². The predicted octanol–water partition coefficient (Wildman–Crippen LogP) is 3.24. The summed E-state index contributed by atoms with van der Waals surface area (Å²) in [6, 6.07) is 15.9. The lowest BCUT2D eigenvalue weighted by atomic mass is 10.2. The summed E-state index contributed by atoms with van der Waals surface area (Å²) in [5.74, 6) is 1.50. The minimum atomic E-state index is 0.582. The van der Waals surface area contributed by atoms with Gasteiger partial charge in [-0.3, -0.25) is 4.90 Å². The Labute approximate surface area is 177 Å². The number of likely N-dealkylation sites (N-methyl/N-ethyl adjacent to an activating group) is 1. The lowest BCUT2D eigenvalue weighted by molar-refractivity contribution is 0.292. The fraction of sp³-hybridized carbons (Fsp3) is 0.348. The third-order valence-electron chi connectivity index (χ3n) is 6.13. The molecule has 7 heteroatoms. The summed E-state index contributed by atoms with van der Waals surface area (Å²) in [6.07, 6.45) is 4.90. The van der Waals surface area contributed by atoms with Gasteiger partial charge in [0.15, 0.2) is 0 Å². The Hall–Kier alpha value is -3.19. The third-order valence-corrected chi connectivity index (χ3v) is 6.13. The van der Waals surface area contributed by atoms with Crippen LogP contribution in [0.2, 0.25) is 0 Å². The number of rotatable bonds is 5. The number of hydrogen-bond acceptors (Lipinski definition) is 7. The molecule has 1 aromatic carbocycles. The number of nitrogens with one attached hydrogen (secondary N) is 1. The quantitative estimate of drug-likeness (QED) is 0.704. The van der Waals surface area contributed by atoms with Crippen LogP contribution in [0.4, 0.5) is 23.1 Å². The molecule has 30 heavy (non-hydrogen) atoms. The molecule has 1 N–H and O–H groups in total. The molecule has 2 atom stereocenters. The number of aromatic nitrogens is 3. The Kier molecular flexibility index (Phi) is 4.75. The number of piperazine rings is 1. The fourth-order valence-electron chi connectivity index (χ4n) is 4.43. The van der Waals surface area contributed by atoms with Gasteiger partial charge in [0, 0.05) is 68.6 Å². The van der Waals surface area contributed by atoms with Crippen LogP contribution >= 0.6 is 0 Å².